The third kappa shape index (κ3) is 7.75. The van der Waals surface area contributed by atoms with E-state index in [0.29, 0.717) is 37.7 Å². The first-order chi connectivity index (χ1) is 12.7. The third-order valence-electron chi connectivity index (χ3n) is 4.83. The first-order valence-corrected chi connectivity index (χ1v) is 9.50. The number of hydrogen-bond donors (Lipinski definition) is 2. The molecule has 0 radical (unpaired) electrons. The fraction of sp³-hybridized carbons (Fsp3) is 0.619. The van der Waals surface area contributed by atoms with Crippen molar-refractivity contribution in [3.05, 3.63) is 36.5 Å². The van der Waals surface area contributed by atoms with Crippen molar-refractivity contribution in [2.75, 3.05) is 0 Å². The lowest BCUT2D eigenvalue weighted by Gasteiger charge is -2.21. The number of allylic oxidation sites excluding steroid dienone is 4. The van der Waals surface area contributed by atoms with Crippen molar-refractivity contribution in [3.63, 3.8) is 0 Å². The minimum absolute atomic E-state index is 0.0112. The molecule has 0 aromatic rings. The van der Waals surface area contributed by atoms with Gasteiger partial charge in [0.2, 0.25) is 0 Å². The molecule has 0 amide bonds. The van der Waals surface area contributed by atoms with Crippen molar-refractivity contribution in [1.29, 1.82) is 0 Å². The third-order valence-corrected chi connectivity index (χ3v) is 4.83. The highest BCUT2D eigenvalue weighted by molar-refractivity contribution is 5.87. The van der Waals surface area contributed by atoms with Gasteiger partial charge in [0.25, 0.3) is 5.92 Å². The van der Waals surface area contributed by atoms with Crippen molar-refractivity contribution in [3.8, 4) is 0 Å². The van der Waals surface area contributed by atoms with Gasteiger partial charge in [-0.05, 0) is 25.7 Å². The fourth-order valence-corrected chi connectivity index (χ4v) is 3.16. The van der Waals surface area contributed by atoms with Crippen molar-refractivity contribution in [2.45, 2.75) is 70.3 Å². The molecule has 1 rings (SSSR count). The van der Waals surface area contributed by atoms with E-state index in [9.17, 15) is 23.5 Å². The van der Waals surface area contributed by atoms with Crippen LogP contribution in [0.3, 0.4) is 0 Å². The molecular formula is C21H30F2O4. The number of unbranched alkanes of at least 4 members (excludes halogenated alkanes) is 2. The van der Waals surface area contributed by atoms with Crippen LogP contribution >= 0.6 is 0 Å². The van der Waals surface area contributed by atoms with E-state index in [-0.39, 0.29) is 36.9 Å². The second-order valence-corrected chi connectivity index (χ2v) is 7.12. The highest BCUT2D eigenvalue weighted by Crippen LogP contribution is 2.37. The number of aliphatic carboxylic acids is 1. The van der Waals surface area contributed by atoms with Gasteiger partial charge in [0.1, 0.15) is 11.9 Å². The molecule has 27 heavy (non-hydrogen) atoms. The molecule has 152 valence electrons. The summed E-state index contributed by atoms with van der Waals surface area (Å²) in [5.41, 5.74) is 0.671. The lowest BCUT2D eigenvalue weighted by Crippen LogP contribution is -2.31. The molecule has 0 bridgehead atoms. The van der Waals surface area contributed by atoms with Crippen molar-refractivity contribution in [1.82, 2.24) is 0 Å². The first kappa shape index (κ1) is 23.2. The Labute approximate surface area is 159 Å². The Morgan fingerprint density at radius 2 is 2.07 bits per heavy atom. The van der Waals surface area contributed by atoms with Crippen LogP contribution in [0.1, 0.15) is 58.3 Å². The maximum atomic E-state index is 13.9. The van der Waals surface area contributed by atoms with Gasteiger partial charge in [-0.15, -0.1) is 0 Å². The van der Waals surface area contributed by atoms with E-state index >= 15 is 0 Å². The summed E-state index contributed by atoms with van der Waals surface area (Å²) in [6, 6.07) is 0. The van der Waals surface area contributed by atoms with Crippen LogP contribution in [-0.4, -0.2) is 34.0 Å². The largest absolute Gasteiger partial charge is 0.481 e. The van der Waals surface area contributed by atoms with Gasteiger partial charge in [-0.1, -0.05) is 49.8 Å². The van der Waals surface area contributed by atoms with Gasteiger partial charge >= 0.3 is 5.97 Å². The number of aliphatic hydroxyl groups excluding tert-OH is 1. The number of rotatable bonds is 12. The Kier molecular flexibility index (Phi) is 9.56. The highest BCUT2D eigenvalue weighted by Gasteiger charge is 2.38. The summed E-state index contributed by atoms with van der Waals surface area (Å²) < 4.78 is 27.8. The van der Waals surface area contributed by atoms with Crippen LogP contribution in [0.4, 0.5) is 8.78 Å². The number of carboxylic acids is 1. The quantitative estimate of drug-likeness (QED) is 0.378. The minimum Gasteiger partial charge on any atom is -0.481 e. The SMILES string of the molecule is C=C1CC(=O)[C@H](CC=CCCCC(=O)O)[C@H]1C=CC(O)C(F)(F)CCCC. The Hall–Kier alpha value is -1.82. The van der Waals surface area contributed by atoms with Crippen molar-refractivity contribution >= 4 is 11.8 Å². The summed E-state index contributed by atoms with van der Waals surface area (Å²) in [5, 5.41) is 18.4. The molecule has 0 spiro atoms. The molecule has 0 saturated heterocycles. The van der Waals surface area contributed by atoms with Gasteiger partial charge in [-0.25, -0.2) is 8.78 Å². The number of carbonyl (C=O) groups excluding carboxylic acids is 1. The van der Waals surface area contributed by atoms with Crippen LogP contribution in [0.15, 0.2) is 36.5 Å². The van der Waals surface area contributed by atoms with E-state index in [1.807, 2.05) is 19.1 Å². The second-order valence-electron chi connectivity index (χ2n) is 7.12. The number of Topliss-reactive ketones (excluding diaryl/α,β-unsaturated/α-hetero) is 1. The van der Waals surface area contributed by atoms with Gasteiger partial charge in [0.15, 0.2) is 0 Å². The molecular weight excluding hydrogens is 354 g/mol. The summed E-state index contributed by atoms with van der Waals surface area (Å²) in [5.74, 6) is -4.75. The summed E-state index contributed by atoms with van der Waals surface area (Å²) >= 11 is 0. The molecule has 6 heteroatoms. The van der Waals surface area contributed by atoms with Crippen molar-refractivity contribution in [2.24, 2.45) is 11.8 Å². The van der Waals surface area contributed by atoms with Gasteiger partial charge in [0, 0.05) is 31.1 Å². The molecule has 1 saturated carbocycles. The second kappa shape index (κ2) is 11.1. The number of alkyl halides is 2. The number of aliphatic hydroxyl groups is 1. The van der Waals surface area contributed by atoms with Crippen LogP contribution in [0.2, 0.25) is 0 Å². The molecule has 1 fully saturated rings. The van der Waals surface area contributed by atoms with Crippen LogP contribution in [0.25, 0.3) is 0 Å². The number of halogens is 2. The first-order valence-electron chi connectivity index (χ1n) is 9.50. The van der Waals surface area contributed by atoms with E-state index in [2.05, 4.69) is 6.58 Å². The van der Waals surface area contributed by atoms with Gasteiger partial charge in [-0.2, -0.15) is 0 Å². The molecule has 1 aliphatic carbocycles. The summed E-state index contributed by atoms with van der Waals surface area (Å²) in [4.78, 5) is 22.6. The minimum atomic E-state index is -3.18. The van der Waals surface area contributed by atoms with E-state index in [1.165, 1.54) is 6.08 Å². The molecule has 0 aliphatic heterocycles. The smallest absolute Gasteiger partial charge is 0.303 e. The molecule has 0 aromatic carbocycles. The van der Waals surface area contributed by atoms with E-state index in [4.69, 9.17) is 5.11 Å². The summed E-state index contributed by atoms with van der Waals surface area (Å²) in [6.45, 7) is 5.68. The lowest BCUT2D eigenvalue weighted by molar-refractivity contribution is -0.137. The predicted octanol–water partition coefficient (Wildman–Crippen LogP) is 4.69. The summed E-state index contributed by atoms with van der Waals surface area (Å²) in [6.07, 6.45) is 6.85. The molecule has 0 aromatic heterocycles. The summed E-state index contributed by atoms with van der Waals surface area (Å²) in [7, 11) is 0. The predicted molar refractivity (Wildman–Crippen MR) is 101 cm³/mol. The topological polar surface area (TPSA) is 74.6 Å². The standard InChI is InChI=1S/C21H30F2O4/c1-3-4-13-21(22,23)19(25)12-11-16-15(2)14-18(24)17(16)9-7-5-6-8-10-20(26)27/h5,7,11-12,16-17,19,25H,2-4,6,8-10,13-14H2,1H3,(H,26,27)/t16-,17+,19?/m0/s1. The maximum Gasteiger partial charge on any atom is 0.303 e. The maximum absolute atomic E-state index is 13.9. The molecule has 3 atom stereocenters. The number of carboxylic acid groups (broad SMARTS) is 1. The van der Waals surface area contributed by atoms with Crippen LogP contribution in [0.5, 0.6) is 0 Å². The van der Waals surface area contributed by atoms with E-state index in [0.717, 1.165) is 6.08 Å². The molecule has 4 nitrogen and oxygen atoms in total. The molecule has 1 unspecified atom stereocenters. The van der Waals surface area contributed by atoms with E-state index < -0.39 is 18.0 Å². The van der Waals surface area contributed by atoms with E-state index in [1.54, 1.807) is 0 Å². The Morgan fingerprint density at radius 3 is 2.70 bits per heavy atom. The van der Waals surface area contributed by atoms with Crippen molar-refractivity contribution < 1.29 is 28.6 Å². The van der Waals surface area contributed by atoms with Gasteiger partial charge < -0.3 is 10.2 Å². The van der Waals surface area contributed by atoms with Crippen LogP contribution in [0, 0.1) is 11.8 Å². The number of carbonyl (C=O) groups is 2. The monoisotopic (exact) mass is 384 g/mol. The van der Waals surface area contributed by atoms with Crippen LogP contribution in [-0.2, 0) is 9.59 Å². The van der Waals surface area contributed by atoms with Gasteiger partial charge in [0.05, 0.1) is 0 Å². The molecule has 0 heterocycles. The average molecular weight is 384 g/mol. The van der Waals surface area contributed by atoms with Gasteiger partial charge in [-0.3, -0.25) is 9.59 Å². The zero-order valence-corrected chi connectivity index (χ0v) is 15.9. The number of ketones is 1. The number of hydrogen-bond acceptors (Lipinski definition) is 3. The Morgan fingerprint density at radius 1 is 1.37 bits per heavy atom. The Bertz CT molecular complexity index is 581. The zero-order chi connectivity index (χ0) is 20.4. The zero-order valence-electron chi connectivity index (χ0n) is 15.9. The molecule has 2 N–H and O–H groups in total. The fourth-order valence-electron chi connectivity index (χ4n) is 3.16. The average Bonchev–Trinajstić information content (AvgIpc) is 2.86. The normalized spacial score (nSPS) is 22.2. The highest BCUT2D eigenvalue weighted by atomic mass is 19.3. The molecule has 1 aliphatic rings. The van der Waals surface area contributed by atoms with Crippen LogP contribution < -0.4 is 0 Å². The Balaban J connectivity index is 2.65. The lowest BCUT2D eigenvalue weighted by atomic mass is 9.89.